The zero-order chi connectivity index (χ0) is 29.0. The summed E-state index contributed by atoms with van der Waals surface area (Å²) >= 11 is 0. The third kappa shape index (κ3) is 8.50. The maximum atomic E-state index is 13.7. The Morgan fingerprint density at radius 2 is 1.02 bits per heavy atom. The van der Waals surface area contributed by atoms with Crippen LogP contribution in [0.25, 0.3) is 18.2 Å². The van der Waals surface area contributed by atoms with Gasteiger partial charge in [0.1, 0.15) is 17.4 Å². The first-order valence-corrected chi connectivity index (χ1v) is 13.0. The van der Waals surface area contributed by atoms with Crippen molar-refractivity contribution >= 4 is 35.7 Å². The quantitative estimate of drug-likeness (QED) is 0.156. The van der Waals surface area contributed by atoms with Crippen LogP contribution in [-0.2, 0) is 14.4 Å². The molecule has 0 radical (unpaired) electrons. The highest BCUT2D eigenvalue weighted by Gasteiger charge is 2.34. The molecule has 1 unspecified atom stereocenters. The first kappa shape index (κ1) is 28.5. The number of benzene rings is 4. The molecule has 6 heteroatoms. The van der Waals surface area contributed by atoms with Gasteiger partial charge in [0.2, 0.25) is 5.91 Å². The van der Waals surface area contributed by atoms with Crippen LogP contribution < -0.4 is 5.32 Å². The van der Waals surface area contributed by atoms with Crippen molar-refractivity contribution in [1.29, 1.82) is 0 Å². The van der Waals surface area contributed by atoms with E-state index in [-0.39, 0.29) is 11.5 Å². The van der Waals surface area contributed by atoms with Gasteiger partial charge in [-0.25, -0.2) is 0 Å². The molecule has 4 aromatic rings. The van der Waals surface area contributed by atoms with Crippen molar-refractivity contribution in [3.63, 3.8) is 0 Å². The van der Waals surface area contributed by atoms with E-state index in [4.69, 9.17) is 0 Å². The topological polar surface area (TPSA) is 104 Å². The average Bonchev–Trinajstić information content (AvgIpc) is 2.98. The Hall–Kier alpha value is -5.49. The average molecular weight is 544 g/mol. The monoisotopic (exact) mass is 543 g/mol. The molecule has 0 aliphatic carbocycles. The van der Waals surface area contributed by atoms with Gasteiger partial charge in [-0.3, -0.25) is 14.4 Å². The Morgan fingerprint density at radius 1 is 0.561 bits per heavy atom. The largest absolute Gasteiger partial charge is 0.508 e. The third-order valence-corrected chi connectivity index (χ3v) is 6.25. The van der Waals surface area contributed by atoms with Crippen molar-refractivity contribution in [2.45, 2.75) is 6.04 Å². The predicted octanol–water partition coefficient (Wildman–Crippen LogP) is 6.15. The third-order valence-electron chi connectivity index (χ3n) is 6.25. The summed E-state index contributed by atoms with van der Waals surface area (Å²) in [4.78, 5) is 40.4. The van der Waals surface area contributed by atoms with Crippen LogP contribution in [-0.4, -0.2) is 27.7 Å². The highest BCUT2D eigenvalue weighted by atomic mass is 16.3. The number of rotatable bonds is 11. The number of hydrogen-bond donors (Lipinski definition) is 3. The zero-order valence-corrected chi connectivity index (χ0v) is 22.1. The van der Waals surface area contributed by atoms with Gasteiger partial charge < -0.3 is 15.5 Å². The Morgan fingerprint density at radius 3 is 1.54 bits per heavy atom. The lowest BCUT2D eigenvalue weighted by molar-refractivity contribution is -0.129. The van der Waals surface area contributed by atoms with E-state index in [1.165, 1.54) is 54.6 Å². The molecule has 204 valence electrons. The molecule has 4 aromatic carbocycles. The minimum Gasteiger partial charge on any atom is -0.508 e. The Labute approximate surface area is 238 Å². The molecular formula is C35H29NO5. The maximum Gasteiger partial charge on any atom is 0.244 e. The molecule has 1 amide bonds. The summed E-state index contributed by atoms with van der Waals surface area (Å²) in [6, 6.07) is 29.9. The van der Waals surface area contributed by atoms with Crippen LogP contribution >= 0.6 is 0 Å². The summed E-state index contributed by atoms with van der Waals surface area (Å²) in [5, 5.41) is 22.4. The number of carbonyl (C=O) groups is 3. The first-order chi connectivity index (χ1) is 19.9. The fourth-order valence-electron chi connectivity index (χ4n) is 4.25. The van der Waals surface area contributed by atoms with E-state index in [0.717, 1.165) is 5.56 Å². The number of nitrogens with one attached hydrogen (secondary N) is 1. The predicted molar refractivity (Wildman–Crippen MR) is 161 cm³/mol. The molecule has 1 atom stereocenters. The highest BCUT2D eigenvalue weighted by molar-refractivity contribution is 6.14. The second-order valence-electron chi connectivity index (χ2n) is 9.28. The van der Waals surface area contributed by atoms with Crippen molar-refractivity contribution in [2.24, 2.45) is 5.92 Å². The number of amides is 1. The molecule has 0 fully saturated rings. The molecule has 0 saturated carbocycles. The van der Waals surface area contributed by atoms with Crippen LogP contribution in [0.1, 0.15) is 28.3 Å². The van der Waals surface area contributed by atoms with Crippen molar-refractivity contribution in [2.75, 3.05) is 0 Å². The normalized spacial score (nSPS) is 12.2. The van der Waals surface area contributed by atoms with Crippen molar-refractivity contribution in [3.05, 3.63) is 150 Å². The number of phenolic OH excluding ortho intramolecular Hbond substituents is 2. The van der Waals surface area contributed by atoms with Gasteiger partial charge in [-0.15, -0.1) is 0 Å². The van der Waals surface area contributed by atoms with Crippen LogP contribution in [0.5, 0.6) is 11.5 Å². The molecule has 0 aliphatic rings. The number of aromatic hydroxyl groups is 2. The van der Waals surface area contributed by atoms with Crippen molar-refractivity contribution in [1.82, 2.24) is 5.32 Å². The summed E-state index contributed by atoms with van der Waals surface area (Å²) < 4.78 is 0. The molecule has 0 aromatic heterocycles. The summed E-state index contributed by atoms with van der Waals surface area (Å²) in [5.74, 6) is -2.74. The zero-order valence-electron chi connectivity index (χ0n) is 22.1. The van der Waals surface area contributed by atoms with E-state index in [0.29, 0.717) is 16.7 Å². The van der Waals surface area contributed by atoms with E-state index in [9.17, 15) is 24.6 Å². The fraction of sp³-hybridized carbons (Fsp3) is 0.0571. The Bertz CT molecular complexity index is 1520. The number of phenols is 2. The maximum absolute atomic E-state index is 13.7. The SMILES string of the molecule is O=C(/C=C/c1ccccc1)NC(c1ccccc1)C(C(=O)/C=C/c1cccc(O)c1)C(=O)/C=C/c1cccc(O)c1. The molecule has 0 bridgehead atoms. The van der Waals surface area contributed by atoms with Gasteiger partial charge in [0.25, 0.3) is 0 Å². The van der Waals surface area contributed by atoms with Crippen LogP contribution in [0.2, 0.25) is 0 Å². The van der Waals surface area contributed by atoms with Crippen molar-refractivity contribution in [3.8, 4) is 11.5 Å². The van der Waals surface area contributed by atoms with Crippen LogP contribution in [0.4, 0.5) is 0 Å². The van der Waals surface area contributed by atoms with Gasteiger partial charge in [-0.1, -0.05) is 97.1 Å². The number of allylic oxidation sites excluding steroid dienone is 2. The molecule has 6 nitrogen and oxygen atoms in total. The fourth-order valence-corrected chi connectivity index (χ4v) is 4.25. The van der Waals surface area contributed by atoms with E-state index in [1.54, 1.807) is 60.7 Å². The summed E-state index contributed by atoms with van der Waals surface area (Å²) in [5.41, 5.74) is 2.56. The smallest absolute Gasteiger partial charge is 0.244 e. The lowest BCUT2D eigenvalue weighted by atomic mass is 9.85. The Kier molecular flexibility index (Phi) is 9.78. The first-order valence-electron chi connectivity index (χ1n) is 13.0. The number of ketones is 2. The van der Waals surface area contributed by atoms with E-state index < -0.39 is 29.4 Å². The summed E-state index contributed by atoms with van der Waals surface area (Å²) in [6.45, 7) is 0. The van der Waals surface area contributed by atoms with E-state index in [1.807, 2.05) is 30.3 Å². The Balaban J connectivity index is 1.69. The molecule has 4 rings (SSSR count). The van der Waals surface area contributed by atoms with E-state index >= 15 is 0 Å². The second-order valence-corrected chi connectivity index (χ2v) is 9.28. The van der Waals surface area contributed by atoms with Crippen LogP contribution in [0, 0.1) is 5.92 Å². The van der Waals surface area contributed by atoms with Gasteiger partial charge in [-0.2, -0.15) is 0 Å². The number of hydrogen-bond acceptors (Lipinski definition) is 5. The minimum absolute atomic E-state index is 0.0425. The molecule has 41 heavy (non-hydrogen) atoms. The number of carbonyl (C=O) groups excluding carboxylic acids is 3. The standard InChI is InChI=1S/C35H29NO5/c37-29-15-7-11-26(23-29)17-20-31(39)34(32(40)21-18-27-12-8-16-30(38)24-27)35(28-13-5-2-6-14-28)36-33(41)22-19-25-9-3-1-4-10-25/h1-24,34-35,37-38H,(H,36,41)/b20-17+,21-18+,22-19+. The molecule has 0 saturated heterocycles. The molecule has 0 heterocycles. The molecular weight excluding hydrogens is 514 g/mol. The van der Waals surface area contributed by atoms with Gasteiger partial charge in [-0.05, 0) is 64.7 Å². The lowest BCUT2D eigenvalue weighted by Crippen LogP contribution is -2.39. The van der Waals surface area contributed by atoms with Crippen LogP contribution in [0.3, 0.4) is 0 Å². The summed E-state index contributed by atoms with van der Waals surface area (Å²) in [6.07, 6.45) is 8.60. The van der Waals surface area contributed by atoms with Gasteiger partial charge in [0, 0.05) is 6.08 Å². The van der Waals surface area contributed by atoms with Crippen LogP contribution in [0.15, 0.2) is 127 Å². The highest BCUT2D eigenvalue weighted by Crippen LogP contribution is 2.26. The molecule has 3 N–H and O–H groups in total. The minimum atomic E-state index is -1.30. The van der Waals surface area contributed by atoms with E-state index in [2.05, 4.69) is 5.32 Å². The van der Waals surface area contributed by atoms with Gasteiger partial charge in [0.15, 0.2) is 11.6 Å². The summed E-state index contributed by atoms with van der Waals surface area (Å²) in [7, 11) is 0. The second kappa shape index (κ2) is 14.1. The van der Waals surface area contributed by atoms with Gasteiger partial charge >= 0.3 is 0 Å². The van der Waals surface area contributed by atoms with Crippen molar-refractivity contribution < 1.29 is 24.6 Å². The lowest BCUT2D eigenvalue weighted by Gasteiger charge is -2.25. The molecule has 0 spiro atoms. The van der Waals surface area contributed by atoms with Gasteiger partial charge in [0.05, 0.1) is 6.04 Å². The molecule has 0 aliphatic heterocycles.